The second-order valence-electron chi connectivity index (χ2n) is 8.99. The van der Waals surface area contributed by atoms with E-state index in [1.54, 1.807) is 4.68 Å². The Morgan fingerprint density at radius 1 is 1.00 bits per heavy atom. The van der Waals surface area contributed by atoms with Crippen molar-refractivity contribution in [1.29, 1.82) is 0 Å². The number of fused-ring (bicyclic) bond motifs is 1. The van der Waals surface area contributed by atoms with E-state index in [2.05, 4.69) is 54.5 Å². The van der Waals surface area contributed by atoms with Crippen LogP contribution in [0.4, 0.5) is 0 Å². The number of nitrogens with zero attached hydrogens (tertiary/aromatic N) is 4. The van der Waals surface area contributed by atoms with Crippen molar-refractivity contribution in [2.75, 3.05) is 13.1 Å². The Hall–Kier alpha value is -3.47. The monoisotopic (exact) mass is 424 g/mol. The molecule has 1 unspecified atom stereocenters. The average molecular weight is 425 g/mol. The maximum atomic E-state index is 13.8. The summed E-state index contributed by atoms with van der Waals surface area (Å²) in [6.45, 7) is 5.46. The van der Waals surface area contributed by atoms with E-state index in [1.165, 1.54) is 11.1 Å². The number of amides is 1. The standard InChI is InChI=1S/C27H28N4O/c1-19-8-11-21(12-9-19)27(24-7-4-5-15-28-24)14-6-16-31(18-27)26(32)25-22-17-20(2)10-13-23(22)30(3)29-25/h4-5,7-13,15,17H,6,14,16,18H2,1-3H3. The zero-order valence-corrected chi connectivity index (χ0v) is 18.9. The quantitative estimate of drug-likeness (QED) is 0.474. The van der Waals surface area contributed by atoms with Gasteiger partial charge in [-0.25, -0.2) is 0 Å². The van der Waals surface area contributed by atoms with Gasteiger partial charge in [-0.3, -0.25) is 14.5 Å². The predicted octanol–water partition coefficient (Wildman–Crippen LogP) is 4.81. The number of piperidine rings is 1. The minimum absolute atomic E-state index is 0.00619. The molecule has 0 bridgehead atoms. The Bertz CT molecular complexity index is 1280. The molecule has 5 heteroatoms. The van der Waals surface area contributed by atoms with Crippen molar-refractivity contribution in [3.05, 3.63) is 94.9 Å². The first-order chi connectivity index (χ1) is 15.5. The molecule has 2 aromatic carbocycles. The van der Waals surface area contributed by atoms with Gasteiger partial charge in [0.05, 0.1) is 16.6 Å². The van der Waals surface area contributed by atoms with Gasteiger partial charge in [-0.05, 0) is 56.5 Å². The van der Waals surface area contributed by atoms with Crippen LogP contribution in [0.1, 0.15) is 45.7 Å². The summed E-state index contributed by atoms with van der Waals surface area (Å²) in [5, 5.41) is 5.54. The van der Waals surface area contributed by atoms with Crippen LogP contribution < -0.4 is 0 Å². The molecule has 1 aliphatic rings. The van der Waals surface area contributed by atoms with E-state index in [1.807, 2.05) is 43.3 Å². The molecule has 0 N–H and O–H groups in total. The minimum Gasteiger partial charge on any atom is -0.336 e. The molecule has 5 rings (SSSR count). The molecular weight excluding hydrogens is 396 g/mol. The van der Waals surface area contributed by atoms with Crippen LogP contribution in [0.25, 0.3) is 10.9 Å². The zero-order valence-electron chi connectivity index (χ0n) is 18.9. The highest BCUT2D eigenvalue weighted by atomic mass is 16.2. The van der Waals surface area contributed by atoms with Crippen molar-refractivity contribution in [3.8, 4) is 0 Å². The summed E-state index contributed by atoms with van der Waals surface area (Å²) in [5.41, 5.74) is 5.76. The largest absolute Gasteiger partial charge is 0.336 e. The first kappa shape index (κ1) is 20.4. The molecule has 5 nitrogen and oxygen atoms in total. The second kappa shape index (κ2) is 7.90. The SMILES string of the molecule is Cc1ccc(C2(c3ccccn3)CCCN(C(=O)c3nn(C)c4ccc(C)cc34)C2)cc1. The van der Waals surface area contributed by atoms with Crippen LogP contribution in [0.2, 0.25) is 0 Å². The van der Waals surface area contributed by atoms with E-state index >= 15 is 0 Å². The average Bonchev–Trinajstić information content (AvgIpc) is 3.15. The van der Waals surface area contributed by atoms with Crippen molar-refractivity contribution in [2.24, 2.45) is 7.05 Å². The lowest BCUT2D eigenvalue weighted by molar-refractivity contribution is 0.0659. The van der Waals surface area contributed by atoms with E-state index in [4.69, 9.17) is 4.98 Å². The van der Waals surface area contributed by atoms with Crippen molar-refractivity contribution in [1.82, 2.24) is 19.7 Å². The van der Waals surface area contributed by atoms with E-state index in [-0.39, 0.29) is 11.3 Å². The van der Waals surface area contributed by atoms with Gasteiger partial charge in [0.15, 0.2) is 5.69 Å². The molecule has 1 amide bonds. The summed E-state index contributed by atoms with van der Waals surface area (Å²) in [6.07, 6.45) is 3.72. The lowest BCUT2D eigenvalue weighted by Crippen LogP contribution is -2.49. The number of pyridine rings is 1. The van der Waals surface area contributed by atoms with E-state index in [0.717, 1.165) is 41.5 Å². The van der Waals surface area contributed by atoms with Crippen LogP contribution in [0.15, 0.2) is 66.9 Å². The van der Waals surface area contributed by atoms with Gasteiger partial charge in [-0.1, -0.05) is 47.5 Å². The highest BCUT2D eigenvalue weighted by Crippen LogP contribution is 2.40. The van der Waals surface area contributed by atoms with Gasteiger partial charge in [0.1, 0.15) is 0 Å². The van der Waals surface area contributed by atoms with Crippen LogP contribution in [0.3, 0.4) is 0 Å². The van der Waals surface area contributed by atoms with Gasteiger partial charge in [0.25, 0.3) is 5.91 Å². The first-order valence-corrected chi connectivity index (χ1v) is 11.2. The molecular formula is C27H28N4O. The number of hydrogen-bond donors (Lipinski definition) is 0. The molecule has 4 aromatic rings. The second-order valence-corrected chi connectivity index (χ2v) is 8.99. The van der Waals surface area contributed by atoms with Crippen LogP contribution >= 0.6 is 0 Å². The maximum Gasteiger partial charge on any atom is 0.275 e. The minimum atomic E-state index is -0.330. The summed E-state index contributed by atoms with van der Waals surface area (Å²) >= 11 is 0. The topological polar surface area (TPSA) is 51.0 Å². The molecule has 1 saturated heterocycles. The molecule has 1 atom stereocenters. The summed E-state index contributed by atoms with van der Waals surface area (Å²) < 4.78 is 1.80. The summed E-state index contributed by atoms with van der Waals surface area (Å²) in [4.78, 5) is 20.5. The highest BCUT2D eigenvalue weighted by Gasteiger charge is 2.42. The fourth-order valence-corrected chi connectivity index (χ4v) is 5.03. The Morgan fingerprint density at radius 3 is 2.53 bits per heavy atom. The third-order valence-corrected chi connectivity index (χ3v) is 6.75. The lowest BCUT2D eigenvalue weighted by Gasteiger charge is -2.43. The Morgan fingerprint density at radius 2 is 1.78 bits per heavy atom. The van der Waals surface area contributed by atoms with E-state index in [9.17, 15) is 4.79 Å². The smallest absolute Gasteiger partial charge is 0.275 e. The molecule has 3 heterocycles. The highest BCUT2D eigenvalue weighted by molar-refractivity contribution is 6.05. The number of hydrogen-bond acceptors (Lipinski definition) is 3. The fourth-order valence-electron chi connectivity index (χ4n) is 5.03. The van der Waals surface area contributed by atoms with Gasteiger partial charge < -0.3 is 4.90 Å². The van der Waals surface area contributed by atoms with Gasteiger partial charge in [-0.2, -0.15) is 5.10 Å². The molecule has 0 aliphatic carbocycles. The van der Waals surface area contributed by atoms with E-state index < -0.39 is 0 Å². The first-order valence-electron chi connectivity index (χ1n) is 11.2. The third-order valence-electron chi connectivity index (χ3n) is 6.75. The van der Waals surface area contributed by atoms with Gasteiger partial charge in [-0.15, -0.1) is 0 Å². The van der Waals surface area contributed by atoms with Crippen LogP contribution in [0.5, 0.6) is 0 Å². The number of aryl methyl sites for hydroxylation is 3. The maximum absolute atomic E-state index is 13.8. The van der Waals surface area contributed by atoms with E-state index in [0.29, 0.717) is 12.2 Å². The molecule has 0 saturated carbocycles. The number of carbonyl (C=O) groups is 1. The molecule has 32 heavy (non-hydrogen) atoms. The summed E-state index contributed by atoms with van der Waals surface area (Å²) in [6, 6.07) is 20.9. The third kappa shape index (κ3) is 3.38. The van der Waals surface area contributed by atoms with Gasteiger partial charge in [0, 0.05) is 31.7 Å². The van der Waals surface area contributed by atoms with Crippen molar-refractivity contribution in [3.63, 3.8) is 0 Å². The Balaban J connectivity index is 1.58. The predicted molar refractivity (Wildman–Crippen MR) is 127 cm³/mol. The number of aromatic nitrogens is 3. The Kier molecular flexibility index (Phi) is 5.04. The molecule has 1 fully saturated rings. The van der Waals surface area contributed by atoms with Gasteiger partial charge >= 0.3 is 0 Å². The van der Waals surface area contributed by atoms with Crippen molar-refractivity contribution < 1.29 is 4.79 Å². The lowest BCUT2D eigenvalue weighted by atomic mass is 9.71. The van der Waals surface area contributed by atoms with Gasteiger partial charge in [0.2, 0.25) is 0 Å². The number of rotatable bonds is 3. The van der Waals surface area contributed by atoms with Crippen molar-refractivity contribution >= 4 is 16.8 Å². The van der Waals surface area contributed by atoms with Crippen LogP contribution in [0, 0.1) is 13.8 Å². The summed E-state index contributed by atoms with van der Waals surface area (Å²) in [7, 11) is 1.90. The van der Waals surface area contributed by atoms with Crippen LogP contribution in [-0.2, 0) is 12.5 Å². The molecule has 0 radical (unpaired) electrons. The molecule has 162 valence electrons. The van der Waals surface area contributed by atoms with Crippen LogP contribution in [-0.4, -0.2) is 38.7 Å². The van der Waals surface area contributed by atoms with Crippen molar-refractivity contribution in [2.45, 2.75) is 32.1 Å². The molecule has 2 aromatic heterocycles. The Labute approximate surface area is 188 Å². The fraction of sp³-hybridized carbons (Fsp3) is 0.296. The number of likely N-dealkylation sites (tertiary alicyclic amines) is 1. The zero-order chi connectivity index (χ0) is 22.3. The summed E-state index contributed by atoms with van der Waals surface area (Å²) in [5.74, 6) is -0.00619. The number of carbonyl (C=O) groups excluding carboxylic acids is 1. The number of benzene rings is 2. The normalized spacial score (nSPS) is 18.8. The molecule has 1 aliphatic heterocycles. The molecule has 0 spiro atoms.